The number of aromatic hydroxyl groups is 1. The number of hydrogen-bond donors (Lipinski definition) is 3. The Morgan fingerprint density at radius 2 is 2.10 bits per heavy atom. The number of amides is 1. The van der Waals surface area contributed by atoms with E-state index in [-0.39, 0.29) is 16.7 Å². The molecule has 1 aliphatic rings. The molecule has 102 valence electrons. The van der Waals surface area contributed by atoms with Gasteiger partial charge in [0.15, 0.2) is 0 Å². The van der Waals surface area contributed by atoms with Crippen LogP contribution in [0.3, 0.4) is 0 Å². The van der Waals surface area contributed by atoms with Gasteiger partial charge in [-0.25, -0.2) is 0 Å². The molecule has 0 unspecified atom stereocenters. The Labute approximate surface area is 121 Å². The first-order valence-electron chi connectivity index (χ1n) is 6.30. The summed E-state index contributed by atoms with van der Waals surface area (Å²) >= 11 is 5.81. The molecule has 2 aromatic rings. The molecule has 3 rings (SSSR count). The fourth-order valence-corrected chi connectivity index (χ4v) is 2.40. The van der Waals surface area contributed by atoms with Crippen LogP contribution in [0, 0.1) is 0 Å². The molecule has 0 aromatic heterocycles. The Bertz CT molecular complexity index is 686. The summed E-state index contributed by atoms with van der Waals surface area (Å²) in [5.41, 5.74) is 3.38. The number of phenols is 1. The summed E-state index contributed by atoms with van der Waals surface area (Å²) in [5, 5.41) is 15.6. The maximum Gasteiger partial charge on any atom is 0.255 e. The van der Waals surface area contributed by atoms with Gasteiger partial charge in [-0.05, 0) is 42.3 Å². The smallest absolute Gasteiger partial charge is 0.255 e. The summed E-state index contributed by atoms with van der Waals surface area (Å²) in [4.78, 5) is 12.2. The topological polar surface area (TPSA) is 61.4 Å². The van der Waals surface area contributed by atoms with Gasteiger partial charge in [0.05, 0.1) is 5.02 Å². The van der Waals surface area contributed by atoms with Crippen LogP contribution in [-0.2, 0) is 6.42 Å². The molecule has 3 N–H and O–H groups in total. The zero-order valence-corrected chi connectivity index (χ0v) is 11.4. The van der Waals surface area contributed by atoms with Crippen LogP contribution in [0.1, 0.15) is 15.9 Å². The lowest BCUT2D eigenvalue weighted by Crippen LogP contribution is -2.12. The molecule has 0 saturated heterocycles. The molecule has 0 saturated carbocycles. The van der Waals surface area contributed by atoms with Crippen LogP contribution in [0.4, 0.5) is 11.4 Å². The minimum Gasteiger partial charge on any atom is -0.506 e. The monoisotopic (exact) mass is 288 g/mol. The van der Waals surface area contributed by atoms with Crippen molar-refractivity contribution in [3.63, 3.8) is 0 Å². The quantitative estimate of drug-likeness (QED) is 0.743. The Kier molecular flexibility index (Phi) is 3.24. The highest BCUT2D eigenvalue weighted by molar-refractivity contribution is 6.32. The van der Waals surface area contributed by atoms with Gasteiger partial charge < -0.3 is 15.7 Å². The first-order valence-corrected chi connectivity index (χ1v) is 6.68. The van der Waals surface area contributed by atoms with E-state index in [1.165, 1.54) is 17.7 Å². The lowest BCUT2D eigenvalue weighted by Gasteiger charge is -2.08. The Balaban J connectivity index is 1.80. The Morgan fingerprint density at radius 3 is 2.90 bits per heavy atom. The van der Waals surface area contributed by atoms with Gasteiger partial charge >= 0.3 is 0 Å². The highest BCUT2D eigenvalue weighted by Crippen LogP contribution is 2.27. The van der Waals surface area contributed by atoms with Crippen LogP contribution in [0.2, 0.25) is 5.02 Å². The summed E-state index contributed by atoms with van der Waals surface area (Å²) < 4.78 is 0. The second-order valence-corrected chi connectivity index (χ2v) is 5.08. The van der Waals surface area contributed by atoms with Crippen molar-refractivity contribution >= 4 is 28.9 Å². The van der Waals surface area contributed by atoms with Crippen LogP contribution < -0.4 is 10.6 Å². The van der Waals surface area contributed by atoms with Crippen molar-refractivity contribution in [2.75, 3.05) is 17.2 Å². The zero-order chi connectivity index (χ0) is 14.1. The summed E-state index contributed by atoms with van der Waals surface area (Å²) in [6.45, 7) is 0.911. The van der Waals surface area contributed by atoms with E-state index in [0.29, 0.717) is 11.3 Å². The first kappa shape index (κ1) is 12.8. The standard InChI is InChI=1S/C15H13ClN2O2/c16-12-8-11(3-4-14(12)19)18-15(20)10-2-1-9-5-6-17-13(9)7-10/h1-4,7-8,17,19H,5-6H2,(H,18,20). The number of nitrogens with one attached hydrogen (secondary N) is 2. The summed E-state index contributed by atoms with van der Waals surface area (Å²) in [6.07, 6.45) is 0.991. The highest BCUT2D eigenvalue weighted by Gasteiger charge is 2.13. The van der Waals surface area contributed by atoms with Crippen molar-refractivity contribution in [1.29, 1.82) is 0 Å². The number of fused-ring (bicyclic) bond motifs is 1. The number of benzene rings is 2. The largest absolute Gasteiger partial charge is 0.506 e. The first-order chi connectivity index (χ1) is 9.63. The third kappa shape index (κ3) is 2.42. The molecule has 1 aliphatic heterocycles. The van der Waals surface area contributed by atoms with Gasteiger partial charge in [0.1, 0.15) is 5.75 Å². The number of carbonyl (C=O) groups is 1. The lowest BCUT2D eigenvalue weighted by atomic mass is 10.1. The molecule has 20 heavy (non-hydrogen) atoms. The van der Waals surface area contributed by atoms with Gasteiger partial charge in [-0.3, -0.25) is 4.79 Å². The number of halogens is 1. The summed E-state index contributed by atoms with van der Waals surface area (Å²) in [6, 6.07) is 10.2. The number of hydrogen-bond acceptors (Lipinski definition) is 3. The fraction of sp³-hybridized carbons (Fsp3) is 0.133. The molecule has 2 aromatic carbocycles. The maximum absolute atomic E-state index is 12.2. The highest BCUT2D eigenvalue weighted by atomic mass is 35.5. The molecule has 0 atom stereocenters. The summed E-state index contributed by atoms with van der Waals surface area (Å²) in [5.74, 6) is -0.213. The lowest BCUT2D eigenvalue weighted by molar-refractivity contribution is 0.102. The second-order valence-electron chi connectivity index (χ2n) is 4.67. The van der Waals surface area contributed by atoms with Gasteiger partial charge in [-0.1, -0.05) is 17.7 Å². The van der Waals surface area contributed by atoms with Crippen molar-refractivity contribution in [3.05, 3.63) is 52.5 Å². The molecule has 4 nitrogen and oxygen atoms in total. The van der Waals surface area contributed by atoms with E-state index in [1.54, 1.807) is 6.07 Å². The molecule has 1 amide bonds. The van der Waals surface area contributed by atoms with E-state index < -0.39 is 0 Å². The van der Waals surface area contributed by atoms with Gasteiger partial charge in [0.2, 0.25) is 0 Å². The number of anilines is 2. The van der Waals surface area contributed by atoms with Crippen molar-refractivity contribution < 1.29 is 9.90 Å². The number of rotatable bonds is 2. The molecule has 0 spiro atoms. The van der Waals surface area contributed by atoms with E-state index in [2.05, 4.69) is 10.6 Å². The minimum atomic E-state index is -0.205. The third-order valence-electron chi connectivity index (χ3n) is 3.29. The molecule has 1 heterocycles. The van der Waals surface area contributed by atoms with Crippen LogP contribution in [0.25, 0.3) is 0 Å². The fourth-order valence-electron chi connectivity index (χ4n) is 2.22. The normalized spacial score (nSPS) is 12.7. The predicted molar refractivity (Wildman–Crippen MR) is 79.7 cm³/mol. The van der Waals surface area contributed by atoms with Gasteiger partial charge in [0.25, 0.3) is 5.91 Å². The molecule has 0 bridgehead atoms. The Morgan fingerprint density at radius 1 is 1.25 bits per heavy atom. The van der Waals surface area contributed by atoms with E-state index in [1.807, 2.05) is 18.2 Å². The van der Waals surface area contributed by atoms with E-state index in [0.717, 1.165) is 18.7 Å². The number of phenolic OH excluding ortho intramolecular Hbond substituents is 1. The SMILES string of the molecule is O=C(Nc1ccc(O)c(Cl)c1)c1ccc2c(c1)NCC2. The minimum absolute atomic E-state index is 0.00797. The van der Waals surface area contributed by atoms with Crippen molar-refractivity contribution in [3.8, 4) is 5.75 Å². The summed E-state index contributed by atoms with van der Waals surface area (Å²) in [7, 11) is 0. The van der Waals surface area contributed by atoms with E-state index in [9.17, 15) is 9.90 Å². The average molecular weight is 289 g/mol. The molecule has 0 fully saturated rings. The van der Waals surface area contributed by atoms with Gasteiger partial charge in [-0.15, -0.1) is 0 Å². The average Bonchev–Trinajstić information content (AvgIpc) is 2.90. The number of carbonyl (C=O) groups excluding carboxylic acids is 1. The van der Waals surface area contributed by atoms with Gasteiger partial charge in [-0.2, -0.15) is 0 Å². The molecule has 0 aliphatic carbocycles. The van der Waals surface area contributed by atoms with Crippen LogP contribution >= 0.6 is 11.6 Å². The maximum atomic E-state index is 12.2. The Hall–Kier alpha value is -2.20. The molecular weight excluding hydrogens is 276 g/mol. The van der Waals surface area contributed by atoms with E-state index >= 15 is 0 Å². The van der Waals surface area contributed by atoms with Crippen molar-refractivity contribution in [2.45, 2.75) is 6.42 Å². The molecule has 5 heteroatoms. The van der Waals surface area contributed by atoms with Crippen LogP contribution in [0.15, 0.2) is 36.4 Å². The van der Waals surface area contributed by atoms with Gasteiger partial charge in [0, 0.05) is 23.5 Å². The van der Waals surface area contributed by atoms with E-state index in [4.69, 9.17) is 11.6 Å². The second kappa shape index (κ2) is 5.06. The molecular formula is C15H13ClN2O2. The third-order valence-corrected chi connectivity index (χ3v) is 3.59. The van der Waals surface area contributed by atoms with Crippen molar-refractivity contribution in [2.24, 2.45) is 0 Å². The molecule has 0 radical (unpaired) electrons. The predicted octanol–water partition coefficient (Wildman–Crippen LogP) is 3.27. The zero-order valence-electron chi connectivity index (χ0n) is 10.6. The van der Waals surface area contributed by atoms with Crippen LogP contribution in [-0.4, -0.2) is 17.6 Å². The van der Waals surface area contributed by atoms with Crippen molar-refractivity contribution in [1.82, 2.24) is 0 Å². The van der Waals surface area contributed by atoms with Crippen LogP contribution in [0.5, 0.6) is 5.75 Å².